The minimum atomic E-state index is -0.675. The van der Waals surface area contributed by atoms with Gasteiger partial charge in [0.2, 0.25) is 17.7 Å². The van der Waals surface area contributed by atoms with E-state index in [9.17, 15) is 19.5 Å². The highest BCUT2D eigenvalue weighted by Gasteiger charge is 2.76. The fraction of sp³-hybridized carbons (Fsp3) is 0.629. The number of nitrogens with zero attached hydrogens (tertiary/aromatic N) is 3. The highest BCUT2D eigenvalue weighted by molar-refractivity contribution is 8.02. The van der Waals surface area contributed by atoms with E-state index >= 15 is 0 Å². The summed E-state index contributed by atoms with van der Waals surface area (Å²) in [5.74, 6) is -0.453. The molecule has 240 valence electrons. The van der Waals surface area contributed by atoms with Crippen LogP contribution in [0.3, 0.4) is 0 Å². The van der Waals surface area contributed by atoms with Gasteiger partial charge in [0.1, 0.15) is 11.8 Å². The Morgan fingerprint density at radius 3 is 2.43 bits per heavy atom. The molecule has 8 nitrogen and oxygen atoms in total. The average Bonchev–Trinajstić information content (AvgIpc) is 3.63. The van der Waals surface area contributed by atoms with Gasteiger partial charge in [-0.2, -0.15) is 0 Å². The van der Waals surface area contributed by atoms with E-state index < -0.39 is 22.6 Å². The van der Waals surface area contributed by atoms with Gasteiger partial charge >= 0.3 is 0 Å². The fourth-order valence-electron chi connectivity index (χ4n) is 8.34. The normalized spacial score (nSPS) is 29.4. The number of likely N-dealkylation sites (tertiary alicyclic amines) is 1. The molecule has 4 fully saturated rings. The van der Waals surface area contributed by atoms with Gasteiger partial charge in [-0.1, -0.05) is 38.3 Å². The van der Waals surface area contributed by atoms with E-state index in [1.54, 1.807) is 33.7 Å². The van der Waals surface area contributed by atoms with Crippen molar-refractivity contribution < 1.29 is 24.2 Å². The summed E-state index contributed by atoms with van der Waals surface area (Å²) < 4.78 is 4.94. The molecule has 1 saturated carbocycles. The maximum absolute atomic E-state index is 14.8. The Balaban J connectivity index is 1.52. The van der Waals surface area contributed by atoms with Crippen LogP contribution in [0.25, 0.3) is 0 Å². The molecule has 2 bridgehead atoms. The Bertz CT molecular complexity index is 1220. The molecule has 44 heavy (non-hydrogen) atoms. The van der Waals surface area contributed by atoms with Gasteiger partial charge in [-0.3, -0.25) is 14.4 Å². The van der Waals surface area contributed by atoms with Gasteiger partial charge in [0.15, 0.2) is 0 Å². The van der Waals surface area contributed by atoms with Crippen molar-refractivity contribution in [2.24, 2.45) is 17.8 Å². The number of fused-ring (bicyclic) bond motifs is 1. The zero-order valence-corrected chi connectivity index (χ0v) is 27.2. The second-order valence-electron chi connectivity index (χ2n) is 12.8. The predicted octanol–water partition coefficient (Wildman–Crippen LogP) is 5.06. The molecule has 1 aromatic rings. The molecule has 3 saturated heterocycles. The molecule has 9 heteroatoms. The smallest absolute Gasteiger partial charge is 0.247 e. The maximum atomic E-state index is 14.8. The number of anilines is 1. The molecular weight excluding hydrogens is 574 g/mol. The van der Waals surface area contributed by atoms with Gasteiger partial charge in [0.05, 0.1) is 23.2 Å². The summed E-state index contributed by atoms with van der Waals surface area (Å²) in [5, 5.41) is 9.50. The lowest BCUT2D eigenvalue weighted by Gasteiger charge is -2.43. The number of ether oxygens (including phenoxy) is 1. The molecule has 4 aliphatic rings. The van der Waals surface area contributed by atoms with Crippen molar-refractivity contribution in [3.8, 4) is 5.75 Å². The van der Waals surface area contributed by atoms with Gasteiger partial charge in [-0.05, 0) is 69.2 Å². The summed E-state index contributed by atoms with van der Waals surface area (Å²) in [6, 6.07) is 6.98. The molecule has 6 atom stereocenters. The Morgan fingerprint density at radius 1 is 1.09 bits per heavy atom. The van der Waals surface area contributed by atoms with Gasteiger partial charge in [-0.15, -0.1) is 24.9 Å². The van der Waals surface area contributed by atoms with Crippen molar-refractivity contribution in [1.82, 2.24) is 9.80 Å². The third-order valence-electron chi connectivity index (χ3n) is 10.2. The van der Waals surface area contributed by atoms with Crippen LogP contribution in [-0.2, 0) is 14.4 Å². The van der Waals surface area contributed by atoms with Gasteiger partial charge in [0.25, 0.3) is 0 Å². The number of benzene rings is 1. The lowest BCUT2D eigenvalue weighted by atomic mass is 9.65. The first-order valence-electron chi connectivity index (χ1n) is 16.5. The van der Waals surface area contributed by atoms with Crippen LogP contribution in [0, 0.1) is 17.8 Å². The van der Waals surface area contributed by atoms with Crippen LogP contribution in [0.4, 0.5) is 5.69 Å². The van der Waals surface area contributed by atoms with Gasteiger partial charge in [-0.25, -0.2) is 0 Å². The lowest BCUT2D eigenvalue weighted by Crippen LogP contribution is -2.59. The molecule has 3 unspecified atom stereocenters. The van der Waals surface area contributed by atoms with Crippen LogP contribution >= 0.6 is 11.8 Å². The van der Waals surface area contributed by atoms with E-state index in [1.165, 1.54) is 6.42 Å². The minimum Gasteiger partial charge on any atom is -0.494 e. The molecular formula is C35H49N3O5S. The molecule has 1 aromatic carbocycles. The SMILES string of the molecule is C=CCN(C(=O)[C@@H]1[C@H]2C(=O)N(CCCCO)C(C(=O)N(CC=C)C3CCCCC3)C23S[C@@H]1CC3C)c1ccc(OCC)cc1. The molecule has 0 aromatic heterocycles. The van der Waals surface area contributed by atoms with Crippen molar-refractivity contribution in [3.05, 3.63) is 49.6 Å². The summed E-state index contributed by atoms with van der Waals surface area (Å²) in [4.78, 5) is 49.5. The standard InChI is InChI=1S/C35H49N3O5S/c1-5-19-36(26-15-17-27(18-16-26)43-7-3)32(40)29-28-23-24(4)35(44-28)30(29)33(41)38(21-11-12-22-39)31(35)34(42)37(20-6-2)25-13-9-8-10-14-25/h5-6,15-18,24-25,28-31,39H,1-2,7-14,19-23H2,3-4H3/t24?,28-,29+,30+,31?,35?/m1/s1. The number of carbonyl (C=O) groups is 3. The highest BCUT2D eigenvalue weighted by atomic mass is 32.2. The second kappa shape index (κ2) is 14.1. The Labute approximate surface area is 266 Å². The molecule has 3 amide bonds. The quantitative estimate of drug-likeness (QED) is 0.230. The third-order valence-corrected chi connectivity index (χ3v) is 12.3. The number of carbonyl (C=O) groups excluding carboxylic acids is 3. The molecule has 5 rings (SSSR count). The number of aliphatic hydroxyl groups excluding tert-OH is 1. The number of hydrogen-bond acceptors (Lipinski definition) is 6. The van der Waals surface area contributed by atoms with Crippen molar-refractivity contribution in [3.63, 3.8) is 0 Å². The number of rotatable bonds is 14. The first kappa shape index (κ1) is 32.6. The maximum Gasteiger partial charge on any atom is 0.247 e. The number of amides is 3. The van der Waals surface area contributed by atoms with E-state index in [0.717, 1.165) is 43.5 Å². The highest BCUT2D eigenvalue weighted by Crippen LogP contribution is 2.69. The van der Waals surface area contributed by atoms with Crippen LogP contribution in [0.1, 0.15) is 65.2 Å². The monoisotopic (exact) mass is 623 g/mol. The summed E-state index contributed by atoms with van der Waals surface area (Å²) in [6.07, 6.45) is 10.8. The topological polar surface area (TPSA) is 90.4 Å². The minimum absolute atomic E-state index is 0.000733. The summed E-state index contributed by atoms with van der Waals surface area (Å²) in [7, 11) is 0. The second-order valence-corrected chi connectivity index (χ2v) is 14.3. The number of hydrogen-bond donors (Lipinski definition) is 1. The predicted molar refractivity (Wildman–Crippen MR) is 176 cm³/mol. The van der Waals surface area contributed by atoms with E-state index in [-0.39, 0.29) is 41.5 Å². The van der Waals surface area contributed by atoms with E-state index in [0.29, 0.717) is 39.1 Å². The van der Waals surface area contributed by atoms with Crippen LogP contribution in [-0.4, -0.2) is 87.6 Å². The lowest BCUT2D eigenvalue weighted by molar-refractivity contribution is -0.144. The van der Waals surface area contributed by atoms with Gasteiger partial charge in [0, 0.05) is 43.2 Å². The molecule has 3 aliphatic heterocycles. The van der Waals surface area contributed by atoms with Crippen molar-refractivity contribution in [2.75, 3.05) is 37.7 Å². The fourth-order valence-corrected chi connectivity index (χ4v) is 10.8. The van der Waals surface area contributed by atoms with Crippen LogP contribution in [0.5, 0.6) is 5.75 Å². The first-order chi connectivity index (χ1) is 21.3. The van der Waals surface area contributed by atoms with Crippen LogP contribution in [0.15, 0.2) is 49.6 Å². The summed E-state index contributed by atoms with van der Waals surface area (Å²) >= 11 is 1.72. The zero-order chi connectivity index (χ0) is 31.4. The van der Waals surface area contributed by atoms with E-state index in [1.807, 2.05) is 36.1 Å². The largest absolute Gasteiger partial charge is 0.494 e. The number of thioether (sulfide) groups is 1. The Kier molecular flexibility index (Phi) is 10.5. The van der Waals surface area contributed by atoms with E-state index in [4.69, 9.17) is 4.74 Å². The Hall–Kier alpha value is -2.78. The molecule has 1 spiro atoms. The molecule has 1 N–H and O–H groups in total. The van der Waals surface area contributed by atoms with Crippen molar-refractivity contribution in [2.45, 2.75) is 87.3 Å². The summed E-state index contributed by atoms with van der Waals surface area (Å²) in [6.45, 7) is 13.7. The van der Waals surface area contributed by atoms with Crippen molar-refractivity contribution >= 4 is 35.2 Å². The summed E-state index contributed by atoms with van der Waals surface area (Å²) in [5.41, 5.74) is 0.737. The molecule has 3 heterocycles. The third kappa shape index (κ3) is 5.70. The number of unbranched alkanes of at least 4 members (excludes halogenated alkanes) is 1. The average molecular weight is 624 g/mol. The van der Waals surface area contributed by atoms with Gasteiger partial charge < -0.3 is 24.5 Å². The zero-order valence-electron chi connectivity index (χ0n) is 26.4. The molecule has 0 radical (unpaired) electrons. The first-order valence-corrected chi connectivity index (χ1v) is 17.4. The van der Waals surface area contributed by atoms with Crippen molar-refractivity contribution in [1.29, 1.82) is 0 Å². The van der Waals surface area contributed by atoms with E-state index in [2.05, 4.69) is 20.1 Å². The Morgan fingerprint density at radius 2 is 1.80 bits per heavy atom. The van der Waals surface area contributed by atoms with Crippen LogP contribution in [0.2, 0.25) is 0 Å². The number of aliphatic hydroxyl groups is 1. The molecule has 1 aliphatic carbocycles. The van der Waals surface area contributed by atoms with Crippen LogP contribution < -0.4 is 9.64 Å².